The Morgan fingerprint density at radius 1 is 1.38 bits per heavy atom. The number of hydrogen-bond donors (Lipinski definition) is 3. The van der Waals surface area contributed by atoms with Gasteiger partial charge in [0.2, 0.25) is 0 Å². The van der Waals surface area contributed by atoms with Gasteiger partial charge in [0.1, 0.15) is 5.60 Å². The first-order valence-electron chi connectivity index (χ1n) is 5.46. The van der Waals surface area contributed by atoms with Crippen molar-refractivity contribution in [3.8, 4) is 0 Å². The molecule has 0 aromatic heterocycles. The maximum atomic E-state index is 11.4. The van der Waals surface area contributed by atoms with Gasteiger partial charge in [-0.05, 0) is 26.7 Å². The number of rotatable bonds is 4. The molecule has 2 atom stereocenters. The summed E-state index contributed by atoms with van der Waals surface area (Å²) in [5, 5.41) is 21.2. The van der Waals surface area contributed by atoms with E-state index < -0.39 is 23.8 Å². The number of hydrogen-bond acceptors (Lipinski definition) is 4. The van der Waals surface area contributed by atoms with Crippen molar-refractivity contribution in [2.45, 2.75) is 52.4 Å². The molecule has 5 nitrogen and oxygen atoms in total. The number of nitrogens with one attached hydrogen (secondary N) is 1. The summed E-state index contributed by atoms with van der Waals surface area (Å²) in [5.74, 6) is -0.0490. The third-order valence-corrected chi connectivity index (χ3v) is 1.99. The first-order chi connectivity index (χ1) is 7.17. The van der Waals surface area contributed by atoms with Gasteiger partial charge >= 0.3 is 6.09 Å². The molecular formula is C11H23NO4. The zero-order chi connectivity index (χ0) is 12.9. The smallest absolute Gasteiger partial charge is 0.408 e. The van der Waals surface area contributed by atoms with Gasteiger partial charge in [0.05, 0.1) is 18.8 Å². The van der Waals surface area contributed by atoms with Crippen LogP contribution in [-0.4, -0.2) is 40.7 Å². The number of aliphatic hydroxyl groups excluding tert-OH is 2. The molecule has 0 saturated carbocycles. The summed E-state index contributed by atoms with van der Waals surface area (Å²) < 4.78 is 5.03. The van der Waals surface area contributed by atoms with Crippen molar-refractivity contribution in [2.75, 3.05) is 6.61 Å². The minimum absolute atomic E-state index is 0.0490. The number of aliphatic hydroxyl groups is 2. The van der Waals surface area contributed by atoms with Gasteiger partial charge < -0.3 is 20.3 Å². The molecule has 0 aliphatic rings. The van der Waals surface area contributed by atoms with Crippen LogP contribution in [0.5, 0.6) is 0 Å². The zero-order valence-electron chi connectivity index (χ0n) is 10.7. The van der Waals surface area contributed by atoms with Crippen LogP contribution in [-0.2, 0) is 4.74 Å². The highest BCUT2D eigenvalue weighted by Crippen LogP contribution is 2.09. The van der Waals surface area contributed by atoms with E-state index in [2.05, 4.69) is 5.32 Å². The van der Waals surface area contributed by atoms with Gasteiger partial charge in [-0.15, -0.1) is 0 Å². The van der Waals surface area contributed by atoms with Crippen LogP contribution in [0.4, 0.5) is 4.79 Å². The minimum atomic E-state index is -0.794. The van der Waals surface area contributed by atoms with E-state index in [0.717, 1.165) is 0 Å². The lowest BCUT2D eigenvalue weighted by atomic mass is 10.0. The fourth-order valence-electron chi connectivity index (χ4n) is 1.16. The van der Waals surface area contributed by atoms with E-state index in [1.807, 2.05) is 13.8 Å². The second-order valence-corrected chi connectivity index (χ2v) is 5.17. The highest BCUT2D eigenvalue weighted by atomic mass is 16.6. The Labute approximate surface area is 96.8 Å². The Morgan fingerprint density at radius 3 is 2.19 bits per heavy atom. The molecule has 3 N–H and O–H groups in total. The third-order valence-electron chi connectivity index (χ3n) is 1.99. The first-order valence-corrected chi connectivity index (χ1v) is 5.46. The predicted molar refractivity (Wildman–Crippen MR) is 61.1 cm³/mol. The van der Waals surface area contributed by atoms with E-state index in [4.69, 9.17) is 9.84 Å². The summed E-state index contributed by atoms with van der Waals surface area (Å²) in [5.41, 5.74) is -0.590. The molecule has 16 heavy (non-hydrogen) atoms. The van der Waals surface area contributed by atoms with Gasteiger partial charge in [0, 0.05) is 0 Å². The summed E-state index contributed by atoms with van der Waals surface area (Å²) in [7, 11) is 0. The molecule has 0 rings (SSSR count). The van der Waals surface area contributed by atoms with Crippen LogP contribution in [0.25, 0.3) is 0 Å². The van der Waals surface area contributed by atoms with Crippen LogP contribution in [0.1, 0.15) is 34.6 Å². The summed E-state index contributed by atoms with van der Waals surface area (Å²) in [6, 6.07) is -0.699. The van der Waals surface area contributed by atoms with Gasteiger partial charge in [0.15, 0.2) is 0 Å². The molecule has 0 bridgehead atoms. The molecule has 0 saturated heterocycles. The normalized spacial score (nSPS) is 15.8. The van der Waals surface area contributed by atoms with Crippen LogP contribution < -0.4 is 5.32 Å². The predicted octanol–water partition coefficient (Wildman–Crippen LogP) is 0.889. The lowest BCUT2D eigenvalue weighted by molar-refractivity contribution is 0.0253. The number of alkyl carbamates (subject to hydrolysis) is 1. The fraction of sp³-hybridized carbons (Fsp3) is 0.909. The third kappa shape index (κ3) is 5.92. The number of carbonyl (C=O) groups excluding carboxylic acids is 1. The van der Waals surface area contributed by atoms with E-state index in [0.29, 0.717) is 0 Å². The largest absolute Gasteiger partial charge is 0.444 e. The van der Waals surface area contributed by atoms with Gasteiger partial charge in [-0.3, -0.25) is 0 Å². The van der Waals surface area contributed by atoms with Crippen LogP contribution in [0.15, 0.2) is 0 Å². The van der Waals surface area contributed by atoms with Crippen molar-refractivity contribution in [3.05, 3.63) is 0 Å². The number of carbonyl (C=O) groups is 1. The molecule has 0 heterocycles. The van der Waals surface area contributed by atoms with Crippen LogP contribution in [0.2, 0.25) is 0 Å². The Bertz CT molecular complexity index is 223. The molecule has 1 amide bonds. The molecule has 0 aromatic rings. The lowest BCUT2D eigenvalue weighted by Gasteiger charge is -2.27. The van der Waals surface area contributed by atoms with Crippen molar-refractivity contribution in [3.63, 3.8) is 0 Å². The van der Waals surface area contributed by atoms with Gasteiger partial charge in [-0.1, -0.05) is 13.8 Å². The lowest BCUT2D eigenvalue weighted by Crippen LogP contribution is -2.49. The average molecular weight is 233 g/mol. The molecule has 0 fully saturated rings. The molecule has 0 aliphatic carbocycles. The monoisotopic (exact) mass is 233 g/mol. The topological polar surface area (TPSA) is 78.8 Å². The molecule has 0 aromatic carbocycles. The molecule has 5 heteroatoms. The van der Waals surface area contributed by atoms with E-state index in [9.17, 15) is 9.90 Å². The maximum Gasteiger partial charge on any atom is 0.408 e. The number of amides is 1. The summed E-state index contributed by atoms with van der Waals surface area (Å²) in [4.78, 5) is 11.4. The molecular weight excluding hydrogens is 210 g/mol. The van der Waals surface area contributed by atoms with Crippen LogP contribution >= 0.6 is 0 Å². The van der Waals surface area contributed by atoms with E-state index >= 15 is 0 Å². The highest BCUT2D eigenvalue weighted by molar-refractivity contribution is 5.68. The van der Waals surface area contributed by atoms with Gasteiger partial charge in [-0.2, -0.15) is 0 Å². The molecule has 0 radical (unpaired) electrons. The summed E-state index contributed by atoms with van der Waals surface area (Å²) in [6.45, 7) is 8.55. The van der Waals surface area contributed by atoms with Crippen LogP contribution in [0.3, 0.4) is 0 Å². The molecule has 0 aliphatic heterocycles. The Hall–Kier alpha value is -0.810. The first kappa shape index (κ1) is 15.2. The quantitative estimate of drug-likeness (QED) is 0.673. The second kappa shape index (κ2) is 6.06. The molecule has 0 unspecified atom stereocenters. The average Bonchev–Trinajstić information content (AvgIpc) is 2.09. The molecule has 0 spiro atoms. The van der Waals surface area contributed by atoms with Gasteiger partial charge in [0.25, 0.3) is 0 Å². The van der Waals surface area contributed by atoms with Crippen molar-refractivity contribution in [1.29, 1.82) is 0 Å². The second-order valence-electron chi connectivity index (χ2n) is 5.17. The summed E-state index contributed by atoms with van der Waals surface area (Å²) in [6.07, 6.45) is -1.43. The van der Waals surface area contributed by atoms with Crippen LogP contribution in [0, 0.1) is 5.92 Å². The van der Waals surface area contributed by atoms with Gasteiger partial charge in [-0.25, -0.2) is 4.79 Å². The fourth-order valence-corrected chi connectivity index (χ4v) is 1.16. The van der Waals surface area contributed by atoms with E-state index in [1.165, 1.54) is 0 Å². The Balaban J connectivity index is 4.28. The minimum Gasteiger partial charge on any atom is -0.444 e. The molecule has 96 valence electrons. The van der Waals surface area contributed by atoms with E-state index in [1.54, 1.807) is 20.8 Å². The number of ether oxygens (including phenoxy) is 1. The van der Waals surface area contributed by atoms with Crippen molar-refractivity contribution in [2.24, 2.45) is 5.92 Å². The highest BCUT2D eigenvalue weighted by Gasteiger charge is 2.25. The maximum absolute atomic E-state index is 11.4. The van der Waals surface area contributed by atoms with Crippen molar-refractivity contribution >= 4 is 6.09 Å². The summed E-state index contributed by atoms with van der Waals surface area (Å²) >= 11 is 0. The van der Waals surface area contributed by atoms with Crippen molar-refractivity contribution < 1.29 is 19.7 Å². The SMILES string of the molecule is CC(C)[C@@H](O)[C@H](CO)NC(=O)OC(C)(C)C. The zero-order valence-corrected chi connectivity index (χ0v) is 10.7. The Morgan fingerprint density at radius 2 is 1.88 bits per heavy atom. The standard InChI is InChI=1S/C11H23NO4/c1-7(2)9(14)8(6-13)12-10(15)16-11(3,4)5/h7-9,13-14H,6H2,1-5H3,(H,12,15)/t8-,9+/m0/s1. The van der Waals surface area contributed by atoms with E-state index in [-0.39, 0.29) is 12.5 Å². The Kier molecular flexibility index (Phi) is 5.75. The van der Waals surface area contributed by atoms with Crippen molar-refractivity contribution in [1.82, 2.24) is 5.32 Å².